The van der Waals surface area contributed by atoms with Crippen LogP contribution in [0.15, 0.2) is 59.1 Å². The lowest BCUT2D eigenvalue weighted by Crippen LogP contribution is -2.46. The maximum atomic E-state index is 13.2. The van der Waals surface area contributed by atoms with E-state index in [-0.39, 0.29) is 5.69 Å². The van der Waals surface area contributed by atoms with E-state index in [0.29, 0.717) is 48.6 Å². The summed E-state index contributed by atoms with van der Waals surface area (Å²) in [4.78, 5) is 14.9. The molecule has 34 heavy (non-hydrogen) atoms. The molecule has 0 radical (unpaired) electrons. The Morgan fingerprint density at radius 3 is 2.47 bits per heavy atom. The Bertz CT molecular complexity index is 1120. The quantitative estimate of drug-likeness (QED) is 0.337. The zero-order valence-electron chi connectivity index (χ0n) is 18.5. The standard InChI is InChI=1S/C24H25F3N4O3/c25-24(26,27)22-9-2-1-5-19(22)17-30-13-11-29(12-14-30)10-4-8-21-16-23(28-34-21)18-6-3-7-20(15-18)31(32)33/h1-3,5-7,9,15-16H,4,8,10-14,17H2. The lowest BCUT2D eigenvalue weighted by Gasteiger charge is -2.35. The van der Waals surface area contributed by atoms with Crippen molar-refractivity contribution in [1.29, 1.82) is 0 Å². The van der Waals surface area contributed by atoms with Crippen LogP contribution >= 0.6 is 0 Å². The minimum Gasteiger partial charge on any atom is -0.361 e. The molecule has 0 spiro atoms. The van der Waals surface area contributed by atoms with Gasteiger partial charge in [0, 0.05) is 62.9 Å². The van der Waals surface area contributed by atoms with Crippen LogP contribution in [-0.4, -0.2) is 52.6 Å². The molecule has 0 aliphatic carbocycles. The Morgan fingerprint density at radius 2 is 1.74 bits per heavy atom. The molecule has 1 aromatic heterocycles. The van der Waals surface area contributed by atoms with Gasteiger partial charge in [-0.25, -0.2) is 0 Å². The third-order valence-electron chi connectivity index (χ3n) is 5.99. The van der Waals surface area contributed by atoms with Crippen LogP contribution in [-0.2, 0) is 19.1 Å². The van der Waals surface area contributed by atoms with Crippen molar-refractivity contribution in [2.45, 2.75) is 25.6 Å². The molecule has 4 rings (SSSR count). The first-order valence-corrected chi connectivity index (χ1v) is 11.1. The Balaban J connectivity index is 1.23. The molecule has 1 aliphatic rings. The highest BCUT2D eigenvalue weighted by atomic mass is 19.4. The van der Waals surface area contributed by atoms with E-state index in [1.807, 2.05) is 0 Å². The average Bonchev–Trinajstić information content (AvgIpc) is 3.29. The van der Waals surface area contributed by atoms with Crippen LogP contribution in [0.5, 0.6) is 0 Å². The molecule has 1 fully saturated rings. The molecule has 0 amide bonds. The molecule has 0 unspecified atom stereocenters. The summed E-state index contributed by atoms with van der Waals surface area (Å²) in [6.45, 7) is 4.16. The number of aromatic nitrogens is 1. The topological polar surface area (TPSA) is 75.7 Å². The second-order valence-electron chi connectivity index (χ2n) is 8.36. The third kappa shape index (κ3) is 6.00. The van der Waals surface area contributed by atoms with Crippen molar-refractivity contribution in [1.82, 2.24) is 15.0 Å². The highest BCUT2D eigenvalue weighted by molar-refractivity contribution is 5.62. The van der Waals surface area contributed by atoms with Gasteiger partial charge in [0.25, 0.3) is 5.69 Å². The van der Waals surface area contributed by atoms with E-state index >= 15 is 0 Å². The fourth-order valence-corrected chi connectivity index (χ4v) is 4.17. The summed E-state index contributed by atoms with van der Waals surface area (Å²) >= 11 is 0. The first-order valence-electron chi connectivity index (χ1n) is 11.1. The van der Waals surface area contributed by atoms with Crippen molar-refractivity contribution in [2.24, 2.45) is 0 Å². The van der Waals surface area contributed by atoms with E-state index in [9.17, 15) is 23.3 Å². The Hall–Kier alpha value is -3.24. The molecule has 0 bridgehead atoms. The molecule has 2 heterocycles. The number of piperazine rings is 1. The van der Waals surface area contributed by atoms with Gasteiger partial charge in [0.05, 0.1) is 10.5 Å². The smallest absolute Gasteiger partial charge is 0.361 e. The largest absolute Gasteiger partial charge is 0.416 e. The van der Waals surface area contributed by atoms with Gasteiger partial charge in [-0.3, -0.25) is 15.0 Å². The molecular formula is C24H25F3N4O3. The number of aryl methyl sites for hydroxylation is 1. The molecule has 0 N–H and O–H groups in total. The van der Waals surface area contributed by atoms with Gasteiger partial charge in [0.15, 0.2) is 0 Å². The summed E-state index contributed by atoms with van der Waals surface area (Å²) in [5.74, 6) is 0.712. The fraction of sp³-hybridized carbons (Fsp3) is 0.375. The Kier molecular flexibility index (Phi) is 7.28. The summed E-state index contributed by atoms with van der Waals surface area (Å²) < 4.78 is 45.1. The third-order valence-corrected chi connectivity index (χ3v) is 5.99. The summed E-state index contributed by atoms with van der Waals surface area (Å²) in [5.41, 5.74) is 0.948. The zero-order chi connectivity index (χ0) is 24.1. The number of non-ortho nitro benzene ring substituents is 1. The number of hydrogen-bond acceptors (Lipinski definition) is 6. The Morgan fingerprint density at radius 1 is 1.00 bits per heavy atom. The Labute approximate surface area is 194 Å². The molecule has 1 saturated heterocycles. The number of nitro benzene ring substituents is 1. The molecule has 10 heteroatoms. The van der Waals surface area contributed by atoms with E-state index in [0.717, 1.165) is 32.1 Å². The summed E-state index contributed by atoms with van der Waals surface area (Å²) in [5, 5.41) is 15.0. The lowest BCUT2D eigenvalue weighted by atomic mass is 10.1. The van der Waals surface area contributed by atoms with Gasteiger partial charge in [0.1, 0.15) is 11.5 Å². The van der Waals surface area contributed by atoms with Crippen LogP contribution in [0.2, 0.25) is 0 Å². The molecule has 7 nitrogen and oxygen atoms in total. The molecule has 1 aliphatic heterocycles. The first kappa shape index (κ1) is 23.9. The normalized spacial score (nSPS) is 15.5. The number of halogens is 3. The van der Waals surface area contributed by atoms with E-state index in [1.54, 1.807) is 30.3 Å². The van der Waals surface area contributed by atoms with Crippen molar-refractivity contribution < 1.29 is 22.6 Å². The van der Waals surface area contributed by atoms with Crippen LogP contribution in [0.3, 0.4) is 0 Å². The monoisotopic (exact) mass is 474 g/mol. The fourth-order valence-electron chi connectivity index (χ4n) is 4.17. The highest BCUT2D eigenvalue weighted by Crippen LogP contribution is 2.32. The molecule has 0 saturated carbocycles. The van der Waals surface area contributed by atoms with E-state index < -0.39 is 16.7 Å². The van der Waals surface area contributed by atoms with Crippen molar-refractivity contribution in [3.63, 3.8) is 0 Å². The number of alkyl halides is 3. The predicted molar refractivity (Wildman–Crippen MR) is 120 cm³/mol. The van der Waals surface area contributed by atoms with Gasteiger partial charge in [-0.2, -0.15) is 13.2 Å². The van der Waals surface area contributed by atoms with Gasteiger partial charge in [-0.15, -0.1) is 0 Å². The van der Waals surface area contributed by atoms with Crippen molar-refractivity contribution in [2.75, 3.05) is 32.7 Å². The summed E-state index contributed by atoms with van der Waals surface area (Å²) in [7, 11) is 0. The van der Waals surface area contributed by atoms with Gasteiger partial charge in [-0.05, 0) is 24.6 Å². The van der Waals surface area contributed by atoms with Gasteiger partial charge < -0.3 is 9.42 Å². The van der Waals surface area contributed by atoms with Crippen LogP contribution in [0.4, 0.5) is 18.9 Å². The number of rotatable bonds is 8. The van der Waals surface area contributed by atoms with Crippen LogP contribution in [0.1, 0.15) is 23.3 Å². The van der Waals surface area contributed by atoms with E-state index in [2.05, 4.69) is 15.0 Å². The molecule has 3 aromatic rings. The molecule has 2 aromatic carbocycles. The van der Waals surface area contributed by atoms with E-state index in [4.69, 9.17) is 4.52 Å². The minimum absolute atomic E-state index is 0.00286. The van der Waals surface area contributed by atoms with Gasteiger partial charge in [-0.1, -0.05) is 35.5 Å². The van der Waals surface area contributed by atoms with Crippen molar-refractivity contribution in [3.8, 4) is 11.3 Å². The number of benzene rings is 2. The first-order chi connectivity index (χ1) is 16.3. The number of hydrogen-bond donors (Lipinski definition) is 0. The second-order valence-corrected chi connectivity index (χ2v) is 8.36. The highest BCUT2D eigenvalue weighted by Gasteiger charge is 2.33. The summed E-state index contributed by atoms with van der Waals surface area (Å²) in [6.07, 6.45) is -2.81. The SMILES string of the molecule is O=[N+]([O-])c1cccc(-c2cc(CCCN3CCN(Cc4ccccc4C(F)(F)F)CC3)on2)c1. The second kappa shape index (κ2) is 10.4. The number of nitro groups is 1. The average molecular weight is 474 g/mol. The van der Waals surface area contributed by atoms with Crippen LogP contribution in [0, 0.1) is 10.1 Å². The maximum Gasteiger partial charge on any atom is 0.416 e. The molecule has 0 atom stereocenters. The maximum absolute atomic E-state index is 13.2. The number of nitrogens with zero attached hydrogens (tertiary/aromatic N) is 4. The molecular weight excluding hydrogens is 449 g/mol. The van der Waals surface area contributed by atoms with Crippen molar-refractivity contribution >= 4 is 5.69 Å². The van der Waals surface area contributed by atoms with E-state index in [1.165, 1.54) is 18.2 Å². The van der Waals surface area contributed by atoms with Gasteiger partial charge >= 0.3 is 6.18 Å². The predicted octanol–water partition coefficient (Wildman–Crippen LogP) is 5.02. The van der Waals surface area contributed by atoms with Gasteiger partial charge in [0.2, 0.25) is 0 Å². The minimum atomic E-state index is -4.34. The summed E-state index contributed by atoms with van der Waals surface area (Å²) in [6, 6.07) is 13.8. The zero-order valence-corrected chi connectivity index (χ0v) is 18.5. The molecule has 180 valence electrons. The lowest BCUT2D eigenvalue weighted by molar-refractivity contribution is -0.384. The van der Waals surface area contributed by atoms with Crippen LogP contribution in [0.25, 0.3) is 11.3 Å². The van der Waals surface area contributed by atoms with Crippen molar-refractivity contribution in [3.05, 3.63) is 81.6 Å². The van der Waals surface area contributed by atoms with Crippen LogP contribution < -0.4 is 0 Å².